The van der Waals surface area contributed by atoms with Gasteiger partial charge in [-0.05, 0) is 53.8 Å². The molecule has 4 aliphatic rings. The van der Waals surface area contributed by atoms with Gasteiger partial charge >= 0.3 is 0 Å². The van der Waals surface area contributed by atoms with Gasteiger partial charge in [0.1, 0.15) is 18.1 Å². The van der Waals surface area contributed by atoms with E-state index in [1.165, 1.54) is 0 Å². The van der Waals surface area contributed by atoms with Crippen molar-refractivity contribution in [2.45, 2.75) is 118 Å². The topological polar surface area (TPSA) is 157 Å². The van der Waals surface area contributed by atoms with Gasteiger partial charge in [0.05, 0.1) is 6.54 Å². The summed E-state index contributed by atoms with van der Waals surface area (Å²) < 4.78 is 0. The molecule has 0 aromatic carbocycles. The first kappa shape index (κ1) is 31.4. The van der Waals surface area contributed by atoms with Gasteiger partial charge in [-0.2, -0.15) is 5.48 Å². The second-order valence-corrected chi connectivity index (χ2v) is 15.5. The van der Waals surface area contributed by atoms with E-state index in [-0.39, 0.29) is 28.2 Å². The number of hydroxylamine groups is 1. The minimum Gasteiger partial charge on any atom is -0.347 e. The van der Waals surface area contributed by atoms with E-state index in [1.54, 1.807) is 25.7 Å². The predicted octanol–water partition coefficient (Wildman–Crippen LogP) is 1.67. The molecule has 1 heterocycles. The van der Waals surface area contributed by atoms with Gasteiger partial charge in [-0.25, -0.2) is 0 Å². The number of carbonyl (C=O) groups is 5. The van der Waals surface area contributed by atoms with Crippen molar-refractivity contribution in [3.63, 3.8) is 0 Å². The Morgan fingerprint density at radius 2 is 1.51 bits per heavy atom. The SMILES string of the molecule is CC(C)(C)[C@H](NO)C(=O)N[C@H](C(=O)N1C[C@]2(C[C@H]1C(=O)NCC(=O)C(=O)NC1CC1)C(C)(C)C21CCC1)C(C)(C)C. The zero-order chi connectivity index (χ0) is 30.8. The normalized spacial score (nSPS) is 27.5. The van der Waals surface area contributed by atoms with E-state index < -0.39 is 59.0 Å². The molecule has 1 saturated heterocycles. The van der Waals surface area contributed by atoms with Crippen LogP contribution < -0.4 is 21.4 Å². The van der Waals surface area contributed by atoms with Crippen LogP contribution in [-0.2, 0) is 24.0 Å². The first-order valence-corrected chi connectivity index (χ1v) is 14.9. The van der Waals surface area contributed by atoms with Crippen LogP contribution in [0.25, 0.3) is 0 Å². The zero-order valence-corrected chi connectivity index (χ0v) is 25.9. The average molecular weight is 576 g/mol. The molecule has 4 fully saturated rings. The lowest BCUT2D eigenvalue weighted by Gasteiger charge is -2.37. The van der Waals surface area contributed by atoms with E-state index in [4.69, 9.17) is 0 Å². The zero-order valence-electron chi connectivity index (χ0n) is 25.9. The molecule has 0 aromatic rings. The maximum Gasteiger partial charge on any atom is 0.289 e. The summed E-state index contributed by atoms with van der Waals surface area (Å²) in [6.45, 7) is 15.3. The molecule has 4 amide bonds. The molecular weight excluding hydrogens is 526 g/mol. The van der Waals surface area contributed by atoms with Crippen molar-refractivity contribution in [1.82, 2.24) is 26.3 Å². The summed E-state index contributed by atoms with van der Waals surface area (Å²) in [6, 6.07) is -2.73. The number of likely N-dealkylation sites (tertiary alicyclic amines) is 1. The van der Waals surface area contributed by atoms with Crippen LogP contribution in [0.15, 0.2) is 0 Å². The van der Waals surface area contributed by atoms with Gasteiger partial charge in [-0.15, -0.1) is 0 Å². The van der Waals surface area contributed by atoms with Gasteiger partial charge < -0.3 is 26.1 Å². The van der Waals surface area contributed by atoms with Gasteiger partial charge in [0.2, 0.25) is 23.5 Å². The fourth-order valence-corrected chi connectivity index (χ4v) is 7.61. The van der Waals surface area contributed by atoms with Crippen molar-refractivity contribution >= 4 is 29.4 Å². The lowest BCUT2D eigenvalue weighted by atomic mass is 9.73. The second-order valence-electron chi connectivity index (χ2n) is 15.5. The third-order valence-electron chi connectivity index (χ3n) is 10.6. The van der Waals surface area contributed by atoms with Crippen molar-refractivity contribution in [2.24, 2.45) is 27.1 Å². The van der Waals surface area contributed by atoms with Gasteiger partial charge in [-0.1, -0.05) is 61.8 Å². The molecule has 0 bridgehead atoms. The summed E-state index contributed by atoms with van der Waals surface area (Å²) in [5.41, 5.74) is 0.507. The minimum absolute atomic E-state index is 0.0316. The minimum atomic E-state index is -0.969. The molecule has 0 radical (unpaired) electrons. The first-order chi connectivity index (χ1) is 18.8. The van der Waals surface area contributed by atoms with E-state index in [2.05, 4.69) is 35.3 Å². The third-order valence-corrected chi connectivity index (χ3v) is 10.6. The molecule has 3 saturated carbocycles. The second kappa shape index (κ2) is 10.3. The van der Waals surface area contributed by atoms with Crippen LogP contribution in [0.1, 0.15) is 93.9 Å². The van der Waals surface area contributed by atoms with Crippen LogP contribution >= 0.6 is 0 Å². The number of fused-ring (bicyclic) bond motifs is 1. The number of nitrogens with one attached hydrogen (secondary N) is 4. The van der Waals surface area contributed by atoms with Crippen LogP contribution in [-0.4, -0.2) is 76.8 Å². The van der Waals surface area contributed by atoms with Crippen LogP contribution in [0, 0.1) is 27.1 Å². The molecule has 11 heteroatoms. The molecule has 0 aromatic heterocycles. The van der Waals surface area contributed by atoms with Crippen LogP contribution in [0.3, 0.4) is 0 Å². The number of rotatable bonds is 9. The van der Waals surface area contributed by atoms with Gasteiger partial charge in [0.15, 0.2) is 0 Å². The van der Waals surface area contributed by atoms with Crippen molar-refractivity contribution in [3.05, 3.63) is 0 Å². The molecule has 11 nitrogen and oxygen atoms in total. The smallest absolute Gasteiger partial charge is 0.289 e. The van der Waals surface area contributed by atoms with Crippen LogP contribution in [0.2, 0.25) is 0 Å². The standard InChI is InChI=1S/C30H49N5O6/c1-26(2,3)20(34-41)24(39)33-21(27(4,5)6)25(40)35-16-30(28(7,8)29(30)12-9-13-29)14-18(35)22(37)31-15-19(36)23(38)32-17-10-11-17/h17-18,20-21,34,41H,9-16H2,1-8H3,(H,31,37)(H,32,38)(H,33,39)/t18-,20+,21+,30+/m0/s1. The van der Waals surface area contributed by atoms with Crippen molar-refractivity contribution in [3.8, 4) is 0 Å². The van der Waals surface area contributed by atoms with E-state index >= 15 is 0 Å². The molecule has 41 heavy (non-hydrogen) atoms. The quantitative estimate of drug-likeness (QED) is 0.207. The number of amides is 4. The monoisotopic (exact) mass is 575 g/mol. The molecule has 230 valence electrons. The van der Waals surface area contributed by atoms with E-state index in [1.807, 2.05) is 20.8 Å². The summed E-state index contributed by atoms with van der Waals surface area (Å²) in [4.78, 5) is 67.4. The van der Waals surface area contributed by atoms with Crippen molar-refractivity contribution in [1.29, 1.82) is 0 Å². The highest BCUT2D eigenvalue weighted by Gasteiger charge is 2.85. The number of carbonyl (C=O) groups excluding carboxylic acids is 5. The Morgan fingerprint density at radius 1 is 0.927 bits per heavy atom. The lowest BCUT2D eigenvalue weighted by Crippen LogP contribution is -2.61. The molecule has 4 rings (SSSR count). The highest BCUT2D eigenvalue weighted by molar-refractivity contribution is 6.37. The fraction of sp³-hybridized carbons (Fsp3) is 0.833. The Hall–Kier alpha value is -2.53. The van der Waals surface area contributed by atoms with Crippen molar-refractivity contribution < 1.29 is 29.2 Å². The lowest BCUT2D eigenvalue weighted by molar-refractivity contribution is -0.145. The fourth-order valence-electron chi connectivity index (χ4n) is 7.61. The van der Waals surface area contributed by atoms with E-state index in [0.717, 1.165) is 32.1 Å². The van der Waals surface area contributed by atoms with Crippen LogP contribution in [0.4, 0.5) is 0 Å². The summed E-state index contributed by atoms with van der Waals surface area (Å²) in [7, 11) is 0. The molecule has 0 unspecified atom stereocenters. The predicted molar refractivity (Wildman–Crippen MR) is 151 cm³/mol. The Balaban J connectivity index is 1.57. The summed E-state index contributed by atoms with van der Waals surface area (Å²) in [6.07, 6.45) is 5.37. The number of Topliss-reactive ketones (excluding diaryl/α,β-unsaturated/α-hetero) is 1. The summed E-state index contributed by atoms with van der Waals surface area (Å²) in [5.74, 6) is -2.78. The van der Waals surface area contributed by atoms with Crippen molar-refractivity contribution in [2.75, 3.05) is 13.1 Å². The van der Waals surface area contributed by atoms with E-state index in [0.29, 0.717) is 13.0 Å². The Kier molecular flexibility index (Phi) is 7.91. The molecule has 1 aliphatic heterocycles. The Labute approximate surface area is 243 Å². The number of ketones is 1. The maximum absolute atomic E-state index is 14.3. The molecule has 2 spiro atoms. The third kappa shape index (κ3) is 5.28. The van der Waals surface area contributed by atoms with Gasteiger partial charge in [-0.3, -0.25) is 24.0 Å². The molecule has 3 aliphatic carbocycles. The molecular formula is C30H49N5O6. The Morgan fingerprint density at radius 3 is 1.95 bits per heavy atom. The summed E-state index contributed by atoms with van der Waals surface area (Å²) in [5, 5.41) is 17.9. The molecule has 4 atom stereocenters. The highest BCUT2D eigenvalue weighted by atomic mass is 16.5. The van der Waals surface area contributed by atoms with Gasteiger partial charge in [0.25, 0.3) is 5.91 Å². The molecule has 5 N–H and O–H groups in total. The largest absolute Gasteiger partial charge is 0.347 e. The van der Waals surface area contributed by atoms with Crippen LogP contribution in [0.5, 0.6) is 0 Å². The number of hydrogen-bond donors (Lipinski definition) is 5. The summed E-state index contributed by atoms with van der Waals surface area (Å²) >= 11 is 0. The highest BCUT2D eigenvalue weighted by Crippen LogP contribution is 2.88. The first-order valence-electron chi connectivity index (χ1n) is 14.9. The Bertz CT molecular complexity index is 1110. The maximum atomic E-state index is 14.3. The average Bonchev–Trinajstić information content (AvgIpc) is 3.64. The number of nitrogens with zero attached hydrogens (tertiary/aromatic N) is 1. The van der Waals surface area contributed by atoms with E-state index in [9.17, 15) is 29.2 Å². The number of hydrogen-bond acceptors (Lipinski definition) is 7. The van der Waals surface area contributed by atoms with Gasteiger partial charge in [0, 0.05) is 18.0 Å².